The number of urea groups is 1. The van der Waals surface area contributed by atoms with E-state index in [4.69, 9.17) is 4.74 Å². The molecule has 0 aliphatic heterocycles. The normalized spacial score (nSPS) is 24.4. The van der Waals surface area contributed by atoms with Gasteiger partial charge in [0, 0.05) is 24.9 Å². The molecular formula is C12H24N2O2S. The average molecular weight is 260 g/mol. The first-order chi connectivity index (χ1) is 8.26. The second-order valence-electron chi connectivity index (χ2n) is 4.33. The molecule has 1 aliphatic rings. The molecule has 0 heterocycles. The fraction of sp³-hybridized carbons (Fsp3) is 0.917. The molecule has 2 amide bonds. The Morgan fingerprint density at radius 1 is 1.47 bits per heavy atom. The first-order valence-electron chi connectivity index (χ1n) is 6.41. The molecule has 100 valence electrons. The lowest BCUT2D eigenvalue weighted by atomic mass is 9.95. The van der Waals surface area contributed by atoms with Gasteiger partial charge in [-0.3, -0.25) is 0 Å². The van der Waals surface area contributed by atoms with E-state index in [0.29, 0.717) is 19.2 Å². The molecule has 0 unspecified atom stereocenters. The van der Waals surface area contributed by atoms with Crippen LogP contribution in [0.3, 0.4) is 0 Å². The predicted molar refractivity (Wildman–Crippen MR) is 72.6 cm³/mol. The third-order valence-electron chi connectivity index (χ3n) is 2.96. The smallest absolute Gasteiger partial charge is 0.315 e. The molecule has 0 bridgehead atoms. The van der Waals surface area contributed by atoms with E-state index in [2.05, 4.69) is 17.6 Å². The quantitative estimate of drug-likeness (QED) is 0.718. The molecule has 0 saturated heterocycles. The van der Waals surface area contributed by atoms with Crippen molar-refractivity contribution in [3.8, 4) is 0 Å². The molecule has 2 N–H and O–H groups in total. The molecule has 0 aromatic heterocycles. The lowest BCUT2D eigenvalue weighted by Crippen LogP contribution is -2.45. The van der Waals surface area contributed by atoms with Crippen LogP contribution in [0, 0.1) is 0 Å². The van der Waals surface area contributed by atoms with E-state index in [1.165, 1.54) is 12.8 Å². The summed E-state index contributed by atoms with van der Waals surface area (Å²) in [5.74, 6) is 1.16. The summed E-state index contributed by atoms with van der Waals surface area (Å²) in [6, 6.07) is 0.282. The third kappa shape index (κ3) is 6.17. The summed E-state index contributed by atoms with van der Waals surface area (Å²) in [6.07, 6.45) is 4.73. The minimum Gasteiger partial charge on any atom is -0.383 e. The second kappa shape index (κ2) is 8.64. The molecule has 0 radical (unpaired) electrons. The largest absolute Gasteiger partial charge is 0.383 e. The van der Waals surface area contributed by atoms with Crippen molar-refractivity contribution < 1.29 is 9.53 Å². The fourth-order valence-electron chi connectivity index (χ4n) is 2.17. The van der Waals surface area contributed by atoms with Crippen molar-refractivity contribution in [1.82, 2.24) is 10.6 Å². The van der Waals surface area contributed by atoms with E-state index >= 15 is 0 Å². The van der Waals surface area contributed by atoms with Crippen LogP contribution in [-0.2, 0) is 4.74 Å². The van der Waals surface area contributed by atoms with Crippen LogP contribution in [0.1, 0.15) is 32.6 Å². The van der Waals surface area contributed by atoms with Gasteiger partial charge in [0.15, 0.2) is 0 Å². The number of ether oxygens (including phenoxy) is 1. The molecule has 4 nitrogen and oxygen atoms in total. The number of amides is 2. The topological polar surface area (TPSA) is 50.4 Å². The van der Waals surface area contributed by atoms with Crippen LogP contribution in [0.25, 0.3) is 0 Å². The fourth-order valence-corrected chi connectivity index (χ4v) is 3.34. The van der Waals surface area contributed by atoms with E-state index in [9.17, 15) is 4.79 Å². The number of nitrogens with one attached hydrogen (secondary N) is 2. The Kier molecular flexibility index (Phi) is 7.44. The highest BCUT2D eigenvalue weighted by molar-refractivity contribution is 7.99. The van der Waals surface area contributed by atoms with Crippen LogP contribution < -0.4 is 10.6 Å². The van der Waals surface area contributed by atoms with Crippen LogP contribution in [0.5, 0.6) is 0 Å². The summed E-state index contributed by atoms with van der Waals surface area (Å²) >= 11 is 2.01. The molecule has 1 rings (SSSR count). The lowest BCUT2D eigenvalue weighted by Gasteiger charge is -2.29. The molecule has 5 heteroatoms. The van der Waals surface area contributed by atoms with Gasteiger partial charge >= 0.3 is 6.03 Å². The van der Waals surface area contributed by atoms with Gasteiger partial charge in [0.2, 0.25) is 0 Å². The van der Waals surface area contributed by atoms with E-state index in [1.807, 2.05) is 11.8 Å². The Morgan fingerprint density at radius 3 is 3.00 bits per heavy atom. The monoisotopic (exact) mass is 260 g/mol. The number of carbonyl (C=O) groups excluding carboxylic acids is 1. The highest BCUT2D eigenvalue weighted by Gasteiger charge is 2.22. The van der Waals surface area contributed by atoms with Gasteiger partial charge in [0.1, 0.15) is 0 Å². The van der Waals surface area contributed by atoms with Crippen LogP contribution in [0.15, 0.2) is 0 Å². The van der Waals surface area contributed by atoms with Crippen molar-refractivity contribution in [3.63, 3.8) is 0 Å². The van der Waals surface area contributed by atoms with Crippen LogP contribution in [-0.4, -0.2) is 43.3 Å². The van der Waals surface area contributed by atoms with E-state index in [0.717, 1.165) is 23.8 Å². The number of thioether (sulfide) groups is 1. The van der Waals surface area contributed by atoms with Gasteiger partial charge < -0.3 is 15.4 Å². The minimum absolute atomic E-state index is 0.0609. The number of methoxy groups -OCH3 is 1. The van der Waals surface area contributed by atoms with Crippen molar-refractivity contribution in [1.29, 1.82) is 0 Å². The summed E-state index contributed by atoms with van der Waals surface area (Å²) in [5.41, 5.74) is 0. The van der Waals surface area contributed by atoms with Gasteiger partial charge in [0.05, 0.1) is 6.61 Å². The highest BCUT2D eigenvalue weighted by Crippen LogP contribution is 2.28. The van der Waals surface area contributed by atoms with Gasteiger partial charge in [-0.1, -0.05) is 13.3 Å². The lowest BCUT2D eigenvalue weighted by molar-refractivity contribution is 0.194. The van der Waals surface area contributed by atoms with Crippen LogP contribution >= 0.6 is 11.8 Å². The maximum atomic E-state index is 11.6. The highest BCUT2D eigenvalue weighted by atomic mass is 32.2. The van der Waals surface area contributed by atoms with Gasteiger partial charge in [-0.05, 0) is 25.0 Å². The number of hydrogen-bond acceptors (Lipinski definition) is 3. The van der Waals surface area contributed by atoms with Gasteiger partial charge in [-0.2, -0.15) is 11.8 Å². The van der Waals surface area contributed by atoms with E-state index in [1.54, 1.807) is 7.11 Å². The van der Waals surface area contributed by atoms with Crippen molar-refractivity contribution >= 4 is 17.8 Å². The Hall–Kier alpha value is -0.420. The molecule has 0 aromatic rings. The predicted octanol–water partition coefficient (Wildman–Crippen LogP) is 2.00. The first kappa shape index (κ1) is 14.6. The molecule has 0 aromatic carbocycles. The van der Waals surface area contributed by atoms with Crippen molar-refractivity contribution in [2.24, 2.45) is 0 Å². The summed E-state index contributed by atoms with van der Waals surface area (Å²) in [5, 5.41) is 6.56. The van der Waals surface area contributed by atoms with Gasteiger partial charge in [-0.15, -0.1) is 0 Å². The second-order valence-corrected chi connectivity index (χ2v) is 5.91. The molecule has 1 aliphatic carbocycles. The van der Waals surface area contributed by atoms with Crippen molar-refractivity contribution in [2.45, 2.75) is 43.9 Å². The number of hydrogen-bond donors (Lipinski definition) is 2. The van der Waals surface area contributed by atoms with Gasteiger partial charge in [-0.25, -0.2) is 4.79 Å². The number of rotatable bonds is 6. The van der Waals surface area contributed by atoms with E-state index in [-0.39, 0.29) is 6.03 Å². The molecule has 0 spiro atoms. The first-order valence-corrected chi connectivity index (χ1v) is 7.46. The number of carbonyl (C=O) groups is 1. The summed E-state index contributed by atoms with van der Waals surface area (Å²) in [7, 11) is 1.63. The SMILES string of the molecule is CCS[C@H]1CCC[C@@H](NC(=O)NCCOC)C1. The Bertz CT molecular complexity index is 225. The average Bonchev–Trinajstić information content (AvgIpc) is 2.30. The van der Waals surface area contributed by atoms with Crippen LogP contribution in [0.2, 0.25) is 0 Å². The third-order valence-corrected chi connectivity index (χ3v) is 4.19. The van der Waals surface area contributed by atoms with E-state index < -0.39 is 0 Å². The van der Waals surface area contributed by atoms with Crippen molar-refractivity contribution in [3.05, 3.63) is 0 Å². The summed E-state index contributed by atoms with van der Waals surface area (Å²) < 4.78 is 4.89. The standard InChI is InChI=1S/C12H24N2O2S/c1-3-17-11-6-4-5-10(9-11)14-12(15)13-7-8-16-2/h10-11H,3-9H2,1-2H3,(H2,13,14,15)/t10-,11+/m1/s1. The molecule has 1 saturated carbocycles. The molecule has 1 fully saturated rings. The minimum atomic E-state index is -0.0609. The molecule has 17 heavy (non-hydrogen) atoms. The Balaban J connectivity index is 2.18. The van der Waals surface area contributed by atoms with Crippen molar-refractivity contribution in [2.75, 3.05) is 26.0 Å². The Labute approximate surface area is 108 Å². The Morgan fingerprint density at radius 2 is 2.29 bits per heavy atom. The van der Waals surface area contributed by atoms with Gasteiger partial charge in [0.25, 0.3) is 0 Å². The zero-order chi connectivity index (χ0) is 12.5. The summed E-state index contributed by atoms with van der Waals surface area (Å²) in [6.45, 7) is 3.33. The zero-order valence-electron chi connectivity index (χ0n) is 10.8. The maximum absolute atomic E-state index is 11.6. The summed E-state index contributed by atoms with van der Waals surface area (Å²) in [4.78, 5) is 11.6. The zero-order valence-corrected chi connectivity index (χ0v) is 11.6. The van der Waals surface area contributed by atoms with Crippen LogP contribution in [0.4, 0.5) is 4.79 Å². The molecule has 2 atom stereocenters. The molecular weight excluding hydrogens is 236 g/mol. The maximum Gasteiger partial charge on any atom is 0.315 e.